The summed E-state index contributed by atoms with van der Waals surface area (Å²) in [4.78, 5) is 8.84. The lowest BCUT2D eigenvalue weighted by Gasteiger charge is -2.04. The van der Waals surface area contributed by atoms with Crippen LogP contribution in [0.5, 0.6) is 0 Å². The highest BCUT2D eigenvalue weighted by Gasteiger charge is 2.04. The summed E-state index contributed by atoms with van der Waals surface area (Å²) in [6.07, 6.45) is 3.91. The van der Waals surface area contributed by atoms with E-state index in [-0.39, 0.29) is 0 Å². The normalized spacial score (nSPS) is 10.6. The molecule has 1 heterocycles. The van der Waals surface area contributed by atoms with Crippen LogP contribution in [0.3, 0.4) is 0 Å². The molecule has 2 nitrogen and oxygen atoms in total. The van der Waals surface area contributed by atoms with Crippen molar-refractivity contribution in [2.24, 2.45) is 0 Å². The molecule has 0 spiro atoms. The van der Waals surface area contributed by atoms with Gasteiger partial charge in [-0.3, -0.25) is 0 Å². The molecule has 0 radical (unpaired) electrons. The summed E-state index contributed by atoms with van der Waals surface area (Å²) in [6, 6.07) is 7.86. The van der Waals surface area contributed by atoms with Gasteiger partial charge in [0.1, 0.15) is 5.03 Å². The zero-order valence-electron chi connectivity index (χ0n) is 10.2. The maximum absolute atomic E-state index is 5.85. The summed E-state index contributed by atoms with van der Waals surface area (Å²) >= 11 is 9.14. The van der Waals surface area contributed by atoms with Gasteiger partial charge in [0, 0.05) is 17.0 Å². The van der Waals surface area contributed by atoms with Crippen LogP contribution >= 0.6 is 35.1 Å². The zero-order valence-corrected chi connectivity index (χ0v) is 12.6. The van der Waals surface area contributed by atoms with Crippen molar-refractivity contribution in [2.75, 3.05) is 6.26 Å². The molecule has 0 N–H and O–H groups in total. The summed E-state index contributed by atoms with van der Waals surface area (Å²) in [5.41, 5.74) is 2.35. The standard InChI is InChI=1S/C13H13ClN2S2/c1-9-7-15-13(16-12(9)17-2)18-8-10-3-5-11(14)6-4-10/h3-7H,8H2,1-2H3. The first-order chi connectivity index (χ1) is 8.69. The Hall–Kier alpha value is -0.710. The fourth-order valence-corrected chi connectivity index (χ4v) is 2.92. The number of nitrogens with zero attached hydrogens (tertiary/aromatic N) is 2. The van der Waals surface area contributed by atoms with Gasteiger partial charge in [0.2, 0.25) is 0 Å². The summed E-state index contributed by atoms with van der Waals surface area (Å²) in [5.74, 6) is 0.855. The molecule has 0 unspecified atom stereocenters. The first-order valence-electron chi connectivity index (χ1n) is 5.44. The fraction of sp³-hybridized carbons (Fsp3) is 0.231. The summed E-state index contributed by atoms with van der Waals surface area (Å²) in [6.45, 7) is 2.03. The van der Waals surface area contributed by atoms with Gasteiger partial charge in [0.25, 0.3) is 0 Å². The highest BCUT2D eigenvalue weighted by molar-refractivity contribution is 7.99. The van der Waals surface area contributed by atoms with E-state index in [1.807, 2.05) is 43.6 Å². The zero-order chi connectivity index (χ0) is 13.0. The van der Waals surface area contributed by atoms with Crippen LogP contribution in [-0.4, -0.2) is 16.2 Å². The van der Waals surface area contributed by atoms with E-state index in [1.165, 1.54) is 5.56 Å². The van der Waals surface area contributed by atoms with Crippen molar-refractivity contribution in [2.45, 2.75) is 22.9 Å². The average molecular weight is 297 g/mol. The van der Waals surface area contributed by atoms with Crippen molar-refractivity contribution >= 4 is 35.1 Å². The molecule has 1 aromatic heterocycles. The topological polar surface area (TPSA) is 25.8 Å². The SMILES string of the molecule is CSc1nc(SCc2ccc(Cl)cc2)ncc1C. The third-order valence-electron chi connectivity index (χ3n) is 2.38. The van der Waals surface area contributed by atoms with Gasteiger partial charge in [-0.25, -0.2) is 9.97 Å². The number of halogens is 1. The van der Waals surface area contributed by atoms with Gasteiger partial charge in [-0.15, -0.1) is 11.8 Å². The van der Waals surface area contributed by atoms with E-state index in [9.17, 15) is 0 Å². The van der Waals surface area contributed by atoms with Crippen LogP contribution in [0, 0.1) is 6.92 Å². The molecule has 0 saturated carbocycles. The number of benzene rings is 1. The minimum atomic E-state index is 0.764. The van der Waals surface area contributed by atoms with E-state index in [0.717, 1.165) is 26.5 Å². The molecule has 0 aliphatic carbocycles. The molecule has 0 amide bonds. The summed E-state index contributed by atoms with van der Waals surface area (Å²) < 4.78 is 0. The number of aromatic nitrogens is 2. The molecule has 0 saturated heterocycles. The van der Waals surface area contributed by atoms with Crippen molar-refractivity contribution in [3.63, 3.8) is 0 Å². The van der Waals surface area contributed by atoms with E-state index < -0.39 is 0 Å². The molecular formula is C13H13ClN2S2. The highest BCUT2D eigenvalue weighted by atomic mass is 35.5. The number of hydrogen-bond donors (Lipinski definition) is 0. The molecule has 0 fully saturated rings. The van der Waals surface area contributed by atoms with Crippen molar-refractivity contribution in [3.8, 4) is 0 Å². The van der Waals surface area contributed by atoms with Crippen molar-refractivity contribution < 1.29 is 0 Å². The predicted octanol–water partition coefficient (Wildman–Crippen LogP) is 4.45. The lowest BCUT2D eigenvalue weighted by molar-refractivity contribution is 0.869. The monoisotopic (exact) mass is 296 g/mol. The minimum absolute atomic E-state index is 0.764. The Morgan fingerprint density at radius 3 is 2.61 bits per heavy atom. The van der Waals surface area contributed by atoms with Gasteiger partial charge in [0.05, 0.1) is 0 Å². The molecule has 2 aromatic rings. The van der Waals surface area contributed by atoms with Gasteiger partial charge < -0.3 is 0 Å². The smallest absolute Gasteiger partial charge is 0.188 e. The van der Waals surface area contributed by atoms with Gasteiger partial charge in [-0.2, -0.15) is 0 Å². The maximum Gasteiger partial charge on any atom is 0.188 e. The van der Waals surface area contributed by atoms with E-state index >= 15 is 0 Å². The van der Waals surface area contributed by atoms with Crippen LogP contribution in [0.1, 0.15) is 11.1 Å². The number of rotatable bonds is 4. The first-order valence-corrected chi connectivity index (χ1v) is 8.03. The summed E-state index contributed by atoms with van der Waals surface area (Å²) in [5, 5.41) is 2.63. The van der Waals surface area contributed by atoms with E-state index in [1.54, 1.807) is 23.5 Å². The van der Waals surface area contributed by atoms with Gasteiger partial charge >= 0.3 is 0 Å². The maximum atomic E-state index is 5.85. The minimum Gasteiger partial charge on any atom is -0.231 e. The molecule has 2 rings (SSSR count). The molecule has 0 atom stereocenters. The Labute approximate surface area is 121 Å². The average Bonchev–Trinajstić information content (AvgIpc) is 2.39. The summed E-state index contributed by atoms with van der Waals surface area (Å²) in [7, 11) is 0. The molecule has 94 valence electrons. The Morgan fingerprint density at radius 1 is 1.22 bits per heavy atom. The van der Waals surface area contributed by atoms with Crippen molar-refractivity contribution in [3.05, 3.63) is 46.6 Å². The number of hydrogen-bond acceptors (Lipinski definition) is 4. The quantitative estimate of drug-likeness (QED) is 0.473. The van der Waals surface area contributed by atoms with E-state index in [0.29, 0.717) is 0 Å². The third kappa shape index (κ3) is 3.64. The highest BCUT2D eigenvalue weighted by Crippen LogP contribution is 2.23. The molecule has 1 aromatic carbocycles. The lowest BCUT2D eigenvalue weighted by Crippen LogP contribution is -1.92. The second kappa shape index (κ2) is 6.45. The lowest BCUT2D eigenvalue weighted by atomic mass is 10.2. The molecule has 0 aliphatic heterocycles. The second-order valence-electron chi connectivity index (χ2n) is 3.76. The van der Waals surface area contributed by atoms with Gasteiger partial charge in [0.15, 0.2) is 5.16 Å². The van der Waals surface area contributed by atoms with Crippen LogP contribution < -0.4 is 0 Å². The van der Waals surface area contributed by atoms with Crippen molar-refractivity contribution in [1.82, 2.24) is 9.97 Å². The number of aryl methyl sites for hydroxylation is 1. The first kappa shape index (κ1) is 13.7. The van der Waals surface area contributed by atoms with Crippen LogP contribution in [0.25, 0.3) is 0 Å². The molecule has 5 heteroatoms. The van der Waals surface area contributed by atoms with Gasteiger partial charge in [-0.1, -0.05) is 35.5 Å². The van der Waals surface area contributed by atoms with Crippen LogP contribution in [-0.2, 0) is 5.75 Å². The van der Waals surface area contributed by atoms with Crippen LogP contribution in [0.15, 0.2) is 40.6 Å². The van der Waals surface area contributed by atoms with Crippen LogP contribution in [0.4, 0.5) is 0 Å². The fourth-order valence-electron chi connectivity index (χ4n) is 1.42. The van der Waals surface area contributed by atoms with Crippen molar-refractivity contribution in [1.29, 1.82) is 0 Å². The van der Waals surface area contributed by atoms with Gasteiger partial charge in [-0.05, 0) is 36.4 Å². The Bertz CT molecular complexity index is 529. The van der Waals surface area contributed by atoms with E-state index in [4.69, 9.17) is 11.6 Å². The molecular weight excluding hydrogens is 284 g/mol. The second-order valence-corrected chi connectivity index (χ2v) is 5.93. The number of thioether (sulfide) groups is 2. The Morgan fingerprint density at radius 2 is 1.94 bits per heavy atom. The molecule has 0 bridgehead atoms. The third-order valence-corrected chi connectivity index (χ3v) is 4.36. The van der Waals surface area contributed by atoms with Crippen LogP contribution in [0.2, 0.25) is 5.02 Å². The Balaban J connectivity index is 2.04. The Kier molecular flexibility index (Phi) is 4.92. The molecule has 18 heavy (non-hydrogen) atoms. The predicted molar refractivity (Wildman–Crippen MR) is 79.6 cm³/mol. The van der Waals surface area contributed by atoms with E-state index in [2.05, 4.69) is 9.97 Å². The largest absolute Gasteiger partial charge is 0.231 e. The molecule has 0 aliphatic rings.